The van der Waals surface area contributed by atoms with Crippen molar-refractivity contribution in [3.8, 4) is 0 Å². The summed E-state index contributed by atoms with van der Waals surface area (Å²) < 4.78 is 1.86. The lowest BCUT2D eigenvalue weighted by atomic mass is 9.89. The number of aromatic nitrogens is 3. The standard InChI is InChI=1S/C17H20N4O3S/c1-2-3-15(22)21(14-8-11-25-16(14)17(23)24)13-6-4-12(5-7-13)20-10-9-18-19-20/h2,8-13H,1,3-7H2,(H,23,24). The molecular weight excluding hydrogens is 340 g/mol. The van der Waals surface area contributed by atoms with E-state index in [1.165, 1.54) is 0 Å². The molecule has 132 valence electrons. The molecule has 0 unspecified atom stereocenters. The van der Waals surface area contributed by atoms with E-state index in [2.05, 4.69) is 16.9 Å². The second kappa shape index (κ2) is 7.60. The van der Waals surface area contributed by atoms with Crippen molar-refractivity contribution in [3.05, 3.63) is 41.4 Å². The molecule has 3 rings (SSSR count). The molecule has 1 aliphatic carbocycles. The number of anilines is 1. The summed E-state index contributed by atoms with van der Waals surface area (Å²) in [5.74, 6) is -1.11. The topological polar surface area (TPSA) is 88.3 Å². The number of thiophene rings is 1. The summed E-state index contributed by atoms with van der Waals surface area (Å²) >= 11 is 1.14. The Morgan fingerprint density at radius 1 is 1.40 bits per heavy atom. The molecule has 1 saturated carbocycles. The minimum Gasteiger partial charge on any atom is -0.477 e. The Balaban J connectivity index is 1.81. The zero-order chi connectivity index (χ0) is 17.8. The minimum atomic E-state index is -1.00. The van der Waals surface area contributed by atoms with Gasteiger partial charge >= 0.3 is 5.97 Å². The van der Waals surface area contributed by atoms with E-state index in [1.807, 2.05) is 10.9 Å². The molecule has 0 saturated heterocycles. The summed E-state index contributed by atoms with van der Waals surface area (Å²) in [6.07, 6.45) is 8.60. The van der Waals surface area contributed by atoms with E-state index < -0.39 is 5.97 Å². The van der Waals surface area contributed by atoms with Crippen molar-refractivity contribution in [1.82, 2.24) is 15.0 Å². The molecule has 0 spiro atoms. The van der Waals surface area contributed by atoms with Gasteiger partial charge in [0.2, 0.25) is 5.91 Å². The molecule has 25 heavy (non-hydrogen) atoms. The summed E-state index contributed by atoms with van der Waals surface area (Å²) in [6, 6.07) is 1.98. The van der Waals surface area contributed by atoms with Gasteiger partial charge in [-0.25, -0.2) is 9.48 Å². The minimum absolute atomic E-state index is 0.0140. The fraction of sp³-hybridized carbons (Fsp3) is 0.412. The van der Waals surface area contributed by atoms with Crippen molar-refractivity contribution in [1.29, 1.82) is 0 Å². The first kappa shape index (κ1) is 17.3. The number of carboxylic acids is 1. The molecule has 2 aromatic heterocycles. The molecular formula is C17H20N4O3S. The van der Waals surface area contributed by atoms with E-state index in [1.54, 1.807) is 28.6 Å². The van der Waals surface area contributed by atoms with Crippen molar-refractivity contribution >= 4 is 28.9 Å². The fourth-order valence-electron chi connectivity index (χ4n) is 3.40. The van der Waals surface area contributed by atoms with Crippen LogP contribution in [-0.2, 0) is 4.79 Å². The molecule has 2 heterocycles. The van der Waals surface area contributed by atoms with Crippen LogP contribution in [0.3, 0.4) is 0 Å². The Morgan fingerprint density at radius 3 is 2.76 bits per heavy atom. The molecule has 7 nitrogen and oxygen atoms in total. The molecule has 1 N–H and O–H groups in total. The van der Waals surface area contributed by atoms with Gasteiger partial charge < -0.3 is 10.0 Å². The van der Waals surface area contributed by atoms with E-state index in [-0.39, 0.29) is 29.3 Å². The predicted octanol–water partition coefficient (Wildman–Crippen LogP) is 3.13. The number of carbonyl (C=O) groups is 2. The lowest BCUT2D eigenvalue weighted by Crippen LogP contribution is -2.43. The number of rotatable bonds is 6. The molecule has 2 aromatic rings. The Kier molecular flexibility index (Phi) is 5.28. The maximum Gasteiger partial charge on any atom is 0.348 e. The summed E-state index contributed by atoms with van der Waals surface area (Å²) in [5, 5.41) is 19.0. The van der Waals surface area contributed by atoms with Gasteiger partial charge in [0.1, 0.15) is 4.88 Å². The highest BCUT2D eigenvalue weighted by Crippen LogP contribution is 2.36. The second-order valence-corrected chi connectivity index (χ2v) is 6.96. The van der Waals surface area contributed by atoms with Crippen LogP contribution in [0.1, 0.15) is 47.8 Å². The molecule has 8 heteroatoms. The smallest absolute Gasteiger partial charge is 0.348 e. The second-order valence-electron chi connectivity index (χ2n) is 6.04. The third-order valence-corrected chi connectivity index (χ3v) is 5.42. The van der Waals surface area contributed by atoms with Crippen LogP contribution in [0.4, 0.5) is 5.69 Å². The first-order valence-corrected chi connectivity index (χ1v) is 9.09. The number of amides is 1. The Labute approximate surface area is 149 Å². The van der Waals surface area contributed by atoms with E-state index in [0.29, 0.717) is 5.69 Å². The van der Waals surface area contributed by atoms with Gasteiger partial charge in [0.05, 0.1) is 17.9 Å². The Bertz CT molecular complexity index is 748. The Morgan fingerprint density at radius 2 is 2.16 bits per heavy atom. The highest BCUT2D eigenvalue weighted by molar-refractivity contribution is 7.12. The molecule has 1 amide bonds. The highest BCUT2D eigenvalue weighted by atomic mass is 32.1. The number of hydrogen-bond acceptors (Lipinski definition) is 5. The summed E-state index contributed by atoms with van der Waals surface area (Å²) in [6.45, 7) is 3.63. The number of carboxylic acid groups (broad SMARTS) is 1. The van der Waals surface area contributed by atoms with E-state index >= 15 is 0 Å². The maximum atomic E-state index is 12.7. The van der Waals surface area contributed by atoms with Crippen LogP contribution in [0.5, 0.6) is 0 Å². The van der Waals surface area contributed by atoms with Crippen LogP contribution < -0.4 is 4.90 Å². The van der Waals surface area contributed by atoms with Gasteiger partial charge in [0, 0.05) is 18.7 Å². The average Bonchev–Trinajstić information content (AvgIpc) is 3.28. The van der Waals surface area contributed by atoms with Gasteiger partial charge in [-0.3, -0.25) is 4.79 Å². The predicted molar refractivity (Wildman–Crippen MR) is 94.9 cm³/mol. The SMILES string of the molecule is C=CCC(=O)N(c1ccsc1C(=O)O)C1CCC(n2ccnn2)CC1. The van der Waals surface area contributed by atoms with Crippen LogP contribution >= 0.6 is 11.3 Å². The third-order valence-electron chi connectivity index (χ3n) is 4.53. The monoisotopic (exact) mass is 360 g/mol. The highest BCUT2D eigenvalue weighted by Gasteiger charge is 2.32. The number of nitrogens with zero attached hydrogens (tertiary/aromatic N) is 4. The van der Waals surface area contributed by atoms with Gasteiger partial charge in [-0.05, 0) is 37.1 Å². The van der Waals surface area contributed by atoms with Gasteiger partial charge in [0.25, 0.3) is 0 Å². The third kappa shape index (κ3) is 3.63. The van der Waals surface area contributed by atoms with Crippen LogP contribution in [0.25, 0.3) is 0 Å². The normalized spacial score (nSPS) is 20.2. The molecule has 0 aromatic carbocycles. The molecule has 0 bridgehead atoms. The zero-order valence-electron chi connectivity index (χ0n) is 13.7. The van der Waals surface area contributed by atoms with Gasteiger partial charge in [-0.2, -0.15) is 0 Å². The van der Waals surface area contributed by atoms with Crippen molar-refractivity contribution in [2.45, 2.75) is 44.2 Å². The molecule has 1 fully saturated rings. The van der Waals surface area contributed by atoms with Crippen molar-refractivity contribution in [2.24, 2.45) is 0 Å². The Hall–Kier alpha value is -2.48. The van der Waals surface area contributed by atoms with Crippen LogP contribution in [0, 0.1) is 0 Å². The fourth-order valence-corrected chi connectivity index (χ4v) is 4.12. The quantitative estimate of drug-likeness (QED) is 0.800. The lowest BCUT2D eigenvalue weighted by Gasteiger charge is -2.36. The van der Waals surface area contributed by atoms with Gasteiger partial charge in [-0.15, -0.1) is 23.0 Å². The van der Waals surface area contributed by atoms with E-state index in [4.69, 9.17) is 0 Å². The maximum absolute atomic E-state index is 12.7. The molecule has 0 aliphatic heterocycles. The number of aromatic carboxylic acids is 1. The van der Waals surface area contributed by atoms with Crippen LogP contribution in [0.2, 0.25) is 0 Å². The summed E-state index contributed by atoms with van der Waals surface area (Å²) in [7, 11) is 0. The number of hydrogen-bond donors (Lipinski definition) is 1. The first-order valence-electron chi connectivity index (χ1n) is 8.21. The summed E-state index contributed by atoms with van der Waals surface area (Å²) in [5.41, 5.74) is 0.494. The summed E-state index contributed by atoms with van der Waals surface area (Å²) in [4.78, 5) is 26.0. The lowest BCUT2D eigenvalue weighted by molar-refractivity contribution is -0.118. The van der Waals surface area contributed by atoms with Crippen molar-refractivity contribution in [3.63, 3.8) is 0 Å². The largest absolute Gasteiger partial charge is 0.477 e. The van der Waals surface area contributed by atoms with Crippen LogP contribution in [-0.4, -0.2) is 38.0 Å². The zero-order valence-corrected chi connectivity index (χ0v) is 14.6. The molecule has 0 atom stereocenters. The van der Waals surface area contributed by atoms with Gasteiger partial charge in [-0.1, -0.05) is 11.3 Å². The van der Waals surface area contributed by atoms with Gasteiger partial charge in [0.15, 0.2) is 0 Å². The van der Waals surface area contributed by atoms with Crippen LogP contribution in [0.15, 0.2) is 36.5 Å². The first-order chi connectivity index (χ1) is 12.1. The van der Waals surface area contributed by atoms with E-state index in [9.17, 15) is 14.7 Å². The molecule has 1 aliphatic rings. The number of carbonyl (C=O) groups excluding carboxylic acids is 1. The molecule has 0 radical (unpaired) electrons. The average molecular weight is 360 g/mol. The van der Waals surface area contributed by atoms with Crippen molar-refractivity contribution < 1.29 is 14.7 Å². The van der Waals surface area contributed by atoms with E-state index in [0.717, 1.165) is 37.0 Å². The van der Waals surface area contributed by atoms with Crippen molar-refractivity contribution in [2.75, 3.05) is 4.90 Å².